The van der Waals surface area contributed by atoms with Crippen molar-refractivity contribution >= 4 is 5.69 Å². The molecule has 0 saturated heterocycles. The summed E-state index contributed by atoms with van der Waals surface area (Å²) in [6.45, 7) is 4.96. The topological polar surface area (TPSA) is 61.8 Å². The van der Waals surface area contributed by atoms with Gasteiger partial charge in [-0.3, -0.25) is 0 Å². The molecular formula is C13H19N3. The predicted molar refractivity (Wildman–Crippen MR) is 67.1 cm³/mol. The second-order valence-electron chi connectivity index (χ2n) is 4.40. The molecule has 0 aliphatic rings. The Bertz CT molecular complexity index is 366. The van der Waals surface area contributed by atoms with Crippen LogP contribution in [0, 0.1) is 17.2 Å². The SMILES string of the molecule is CC(C)CC(CN)Nc1cccc(C#N)c1. The lowest BCUT2D eigenvalue weighted by Crippen LogP contribution is -2.30. The van der Waals surface area contributed by atoms with Crippen molar-refractivity contribution in [2.75, 3.05) is 11.9 Å². The van der Waals surface area contributed by atoms with Crippen LogP contribution in [0.15, 0.2) is 24.3 Å². The molecule has 0 bridgehead atoms. The van der Waals surface area contributed by atoms with Crippen LogP contribution >= 0.6 is 0 Å². The highest BCUT2D eigenvalue weighted by molar-refractivity contribution is 5.49. The minimum Gasteiger partial charge on any atom is -0.381 e. The van der Waals surface area contributed by atoms with Crippen molar-refractivity contribution in [3.63, 3.8) is 0 Å². The van der Waals surface area contributed by atoms with Gasteiger partial charge >= 0.3 is 0 Å². The van der Waals surface area contributed by atoms with E-state index >= 15 is 0 Å². The van der Waals surface area contributed by atoms with Crippen molar-refractivity contribution in [3.8, 4) is 6.07 Å². The largest absolute Gasteiger partial charge is 0.381 e. The molecule has 86 valence electrons. The van der Waals surface area contributed by atoms with Gasteiger partial charge in [-0.15, -0.1) is 0 Å². The van der Waals surface area contributed by atoms with E-state index in [1.54, 1.807) is 6.07 Å². The van der Waals surface area contributed by atoms with Crippen LogP contribution in [0.3, 0.4) is 0 Å². The van der Waals surface area contributed by atoms with Gasteiger partial charge in [-0.25, -0.2) is 0 Å². The first-order valence-corrected chi connectivity index (χ1v) is 5.62. The van der Waals surface area contributed by atoms with Gasteiger partial charge in [0.2, 0.25) is 0 Å². The van der Waals surface area contributed by atoms with Gasteiger partial charge in [-0.05, 0) is 30.5 Å². The molecule has 1 unspecified atom stereocenters. The number of benzene rings is 1. The van der Waals surface area contributed by atoms with Crippen LogP contribution in [0.1, 0.15) is 25.8 Å². The third-order valence-corrected chi connectivity index (χ3v) is 2.40. The summed E-state index contributed by atoms with van der Waals surface area (Å²) in [5.41, 5.74) is 7.35. The van der Waals surface area contributed by atoms with E-state index in [9.17, 15) is 0 Å². The Morgan fingerprint density at radius 2 is 2.19 bits per heavy atom. The van der Waals surface area contributed by atoms with E-state index in [4.69, 9.17) is 11.0 Å². The predicted octanol–water partition coefficient (Wildman–Crippen LogP) is 2.34. The Labute approximate surface area is 97.3 Å². The first kappa shape index (κ1) is 12.5. The molecule has 0 radical (unpaired) electrons. The van der Waals surface area contributed by atoms with Gasteiger partial charge in [0.25, 0.3) is 0 Å². The summed E-state index contributed by atoms with van der Waals surface area (Å²) in [4.78, 5) is 0. The number of nitrogens with two attached hydrogens (primary N) is 1. The lowest BCUT2D eigenvalue weighted by molar-refractivity contribution is 0.522. The molecule has 16 heavy (non-hydrogen) atoms. The minimum atomic E-state index is 0.272. The lowest BCUT2D eigenvalue weighted by atomic mass is 10.0. The number of rotatable bonds is 5. The molecule has 0 aliphatic heterocycles. The molecule has 0 heterocycles. The molecule has 0 aromatic heterocycles. The lowest BCUT2D eigenvalue weighted by Gasteiger charge is -2.20. The van der Waals surface area contributed by atoms with E-state index in [2.05, 4.69) is 25.2 Å². The van der Waals surface area contributed by atoms with Crippen LogP contribution in [0.5, 0.6) is 0 Å². The Hall–Kier alpha value is -1.53. The number of hydrogen-bond acceptors (Lipinski definition) is 3. The van der Waals surface area contributed by atoms with Crippen LogP contribution in [0.4, 0.5) is 5.69 Å². The smallest absolute Gasteiger partial charge is 0.0992 e. The van der Waals surface area contributed by atoms with Crippen molar-refractivity contribution in [2.45, 2.75) is 26.3 Å². The van der Waals surface area contributed by atoms with E-state index in [-0.39, 0.29) is 6.04 Å². The van der Waals surface area contributed by atoms with Crippen molar-refractivity contribution < 1.29 is 0 Å². The number of nitriles is 1. The van der Waals surface area contributed by atoms with Crippen LogP contribution in [-0.2, 0) is 0 Å². The highest BCUT2D eigenvalue weighted by Crippen LogP contribution is 2.14. The second kappa shape index (κ2) is 6.14. The average Bonchev–Trinajstić information content (AvgIpc) is 2.28. The summed E-state index contributed by atoms with van der Waals surface area (Å²) in [7, 11) is 0. The summed E-state index contributed by atoms with van der Waals surface area (Å²) in [5.74, 6) is 0.611. The normalized spacial score (nSPS) is 12.2. The summed E-state index contributed by atoms with van der Waals surface area (Å²) in [6, 6.07) is 9.89. The molecule has 1 aromatic carbocycles. The Balaban J connectivity index is 2.67. The quantitative estimate of drug-likeness (QED) is 0.795. The van der Waals surface area contributed by atoms with Gasteiger partial charge in [0.1, 0.15) is 0 Å². The zero-order valence-electron chi connectivity index (χ0n) is 9.90. The van der Waals surface area contributed by atoms with E-state index in [1.807, 2.05) is 18.2 Å². The van der Waals surface area contributed by atoms with E-state index in [0.717, 1.165) is 12.1 Å². The molecule has 1 atom stereocenters. The van der Waals surface area contributed by atoms with Gasteiger partial charge in [0.15, 0.2) is 0 Å². The van der Waals surface area contributed by atoms with Gasteiger partial charge in [-0.1, -0.05) is 19.9 Å². The maximum atomic E-state index is 8.80. The standard InChI is InChI=1S/C13H19N3/c1-10(2)6-13(9-15)16-12-5-3-4-11(7-12)8-14/h3-5,7,10,13,16H,6,9,15H2,1-2H3. The maximum absolute atomic E-state index is 8.80. The third kappa shape index (κ3) is 3.92. The molecule has 1 rings (SSSR count). The fraction of sp³-hybridized carbons (Fsp3) is 0.462. The molecule has 0 spiro atoms. The Morgan fingerprint density at radius 1 is 1.44 bits per heavy atom. The molecular weight excluding hydrogens is 198 g/mol. The van der Waals surface area contributed by atoms with E-state index in [0.29, 0.717) is 18.0 Å². The zero-order valence-corrected chi connectivity index (χ0v) is 9.90. The highest BCUT2D eigenvalue weighted by Gasteiger charge is 2.08. The van der Waals surface area contributed by atoms with E-state index < -0.39 is 0 Å². The second-order valence-corrected chi connectivity index (χ2v) is 4.40. The van der Waals surface area contributed by atoms with E-state index in [1.165, 1.54) is 0 Å². The summed E-state index contributed by atoms with van der Waals surface area (Å²) in [6.07, 6.45) is 1.04. The first-order chi connectivity index (χ1) is 7.65. The summed E-state index contributed by atoms with van der Waals surface area (Å²) >= 11 is 0. The molecule has 0 amide bonds. The molecule has 3 nitrogen and oxygen atoms in total. The maximum Gasteiger partial charge on any atom is 0.0992 e. The van der Waals surface area contributed by atoms with Crippen LogP contribution in [-0.4, -0.2) is 12.6 Å². The van der Waals surface area contributed by atoms with Gasteiger partial charge in [-0.2, -0.15) is 5.26 Å². The van der Waals surface area contributed by atoms with Gasteiger partial charge < -0.3 is 11.1 Å². The number of anilines is 1. The molecule has 3 heteroatoms. The molecule has 1 aromatic rings. The molecule has 0 saturated carbocycles. The Morgan fingerprint density at radius 3 is 2.75 bits per heavy atom. The minimum absolute atomic E-state index is 0.272. The van der Waals surface area contributed by atoms with Crippen molar-refractivity contribution in [3.05, 3.63) is 29.8 Å². The van der Waals surface area contributed by atoms with Gasteiger partial charge in [0.05, 0.1) is 11.6 Å². The zero-order chi connectivity index (χ0) is 12.0. The fourth-order valence-electron chi connectivity index (χ4n) is 1.70. The average molecular weight is 217 g/mol. The molecule has 3 N–H and O–H groups in total. The fourth-order valence-corrected chi connectivity index (χ4v) is 1.70. The van der Waals surface area contributed by atoms with Gasteiger partial charge in [0, 0.05) is 18.3 Å². The number of nitrogens with zero attached hydrogens (tertiary/aromatic N) is 1. The van der Waals surface area contributed by atoms with Crippen LogP contribution in [0.2, 0.25) is 0 Å². The van der Waals surface area contributed by atoms with Crippen molar-refractivity contribution in [1.29, 1.82) is 5.26 Å². The summed E-state index contributed by atoms with van der Waals surface area (Å²) in [5, 5.41) is 12.2. The molecule has 0 fully saturated rings. The highest BCUT2D eigenvalue weighted by atomic mass is 14.9. The van der Waals surface area contributed by atoms with Crippen molar-refractivity contribution in [2.24, 2.45) is 11.7 Å². The third-order valence-electron chi connectivity index (χ3n) is 2.40. The molecule has 0 aliphatic carbocycles. The number of hydrogen-bond donors (Lipinski definition) is 2. The van der Waals surface area contributed by atoms with Crippen molar-refractivity contribution in [1.82, 2.24) is 0 Å². The number of nitrogens with one attached hydrogen (secondary N) is 1. The monoisotopic (exact) mass is 217 g/mol. The summed E-state index contributed by atoms with van der Waals surface area (Å²) < 4.78 is 0. The van der Waals surface area contributed by atoms with Crippen LogP contribution in [0.25, 0.3) is 0 Å². The Kier molecular flexibility index (Phi) is 4.81. The first-order valence-electron chi connectivity index (χ1n) is 5.62. The van der Waals surface area contributed by atoms with Crippen LogP contribution < -0.4 is 11.1 Å².